The maximum atomic E-state index is 12.6. The summed E-state index contributed by atoms with van der Waals surface area (Å²) in [6, 6.07) is -0.388. The second-order valence-electron chi connectivity index (χ2n) is 6.63. The molecule has 0 aliphatic carbocycles. The molecule has 0 bridgehead atoms. The lowest BCUT2D eigenvalue weighted by Crippen LogP contribution is -2.50. The van der Waals surface area contributed by atoms with Crippen molar-refractivity contribution in [1.82, 2.24) is 9.80 Å². The molecule has 6 nitrogen and oxygen atoms in total. The standard InChI is InChI=1S/C15H26N2O4S/c1-12-5-9-16(10-6-12)15(19)13-4-3-8-17(13)14(18)7-11-22(2,20)21/h12-13H,3-11H2,1-2H3. The van der Waals surface area contributed by atoms with Gasteiger partial charge in [0, 0.05) is 32.3 Å². The van der Waals surface area contributed by atoms with Crippen molar-refractivity contribution in [2.45, 2.75) is 45.1 Å². The van der Waals surface area contributed by atoms with Crippen LogP contribution in [0.4, 0.5) is 0 Å². The topological polar surface area (TPSA) is 74.8 Å². The number of hydrogen-bond acceptors (Lipinski definition) is 4. The highest BCUT2D eigenvalue weighted by molar-refractivity contribution is 7.90. The van der Waals surface area contributed by atoms with Crippen LogP contribution in [0.2, 0.25) is 0 Å². The summed E-state index contributed by atoms with van der Waals surface area (Å²) in [5.74, 6) is 0.327. The Kier molecular flexibility index (Phi) is 5.47. The summed E-state index contributed by atoms with van der Waals surface area (Å²) >= 11 is 0. The van der Waals surface area contributed by atoms with Gasteiger partial charge in [-0.05, 0) is 31.6 Å². The lowest BCUT2D eigenvalue weighted by molar-refractivity contribution is -0.144. The van der Waals surface area contributed by atoms with Crippen LogP contribution >= 0.6 is 0 Å². The van der Waals surface area contributed by atoms with Gasteiger partial charge in [-0.15, -0.1) is 0 Å². The fourth-order valence-electron chi connectivity index (χ4n) is 3.18. The molecule has 0 saturated carbocycles. The molecule has 0 radical (unpaired) electrons. The number of carbonyl (C=O) groups excluding carboxylic acids is 2. The molecule has 2 saturated heterocycles. The van der Waals surface area contributed by atoms with Gasteiger partial charge >= 0.3 is 0 Å². The number of sulfone groups is 1. The predicted octanol–water partition coefficient (Wildman–Crippen LogP) is 0.671. The first-order valence-electron chi connectivity index (χ1n) is 8.04. The zero-order valence-corrected chi connectivity index (χ0v) is 14.3. The van der Waals surface area contributed by atoms with Gasteiger partial charge in [-0.1, -0.05) is 6.92 Å². The third-order valence-corrected chi connectivity index (χ3v) is 5.59. The number of amides is 2. The Bertz CT molecular complexity index is 524. The van der Waals surface area contributed by atoms with E-state index in [1.165, 1.54) is 0 Å². The lowest BCUT2D eigenvalue weighted by Gasteiger charge is -2.34. The maximum absolute atomic E-state index is 12.6. The summed E-state index contributed by atoms with van der Waals surface area (Å²) in [4.78, 5) is 28.3. The molecule has 2 rings (SSSR count). The number of piperidine rings is 1. The fraction of sp³-hybridized carbons (Fsp3) is 0.867. The summed E-state index contributed by atoms with van der Waals surface area (Å²) in [6.07, 6.45) is 4.63. The Labute approximate surface area is 132 Å². The van der Waals surface area contributed by atoms with E-state index in [4.69, 9.17) is 0 Å². The van der Waals surface area contributed by atoms with Gasteiger partial charge in [-0.25, -0.2) is 8.42 Å². The Morgan fingerprint density at radius 2 is 1.73 bits per heavy atom. The summed E-state index contributed by atoms with van der Waals surface area (Å²) in [6.45, 7) is 4.28. The minimum atomic E-state index is -3.16. The van der Waals surface area contributed by atoms with E-state index in [2.05, 4.69) is 6.92 Å². The molecule has 2 heterocycles. The molecular weight excluding hydrogens is 304 g/mol. The minimum absolute atomic E-state index is 0.0281. The Balaban J connectivity index is 1.94. The SMILES string of the molecule is CC1CCN(C(=O)C2CCCN2C(=O)CCS(C)(=O)=O)CC1. The second kappa shape index (κ2) is 6.98. The molecule has 0 aromatic carbocycles. The van der Waals surface area contributed by atoms with Crippen molar-refractivity contribution in [2.75, 3.05) is 31.6 Å². The van der Waals surface area contributed by atoms with Crippen LogP contribution in [-0.4, -0.2) is 67.7 Å². The minimum Gasteiger partial charge on any atom is -0.341 e. The van der Waals surface area contributed by atoms with Crippen molar-refractivity contribution < 1.29 is 18.0 Å². The van der Waals surface area contributed by atoms with Gasteiger partial charge in [0.15, 0.2) is 0 Å². The molecule has 7 heteroatoms. The van der Waals surface area contributed by atoms with Crippen LogP contribution in [0, 0.1) is 5.92 Å². The van der Waals surface area contributed by atoms with E-state index < -0.39 is 9.84 Å². The van der Waals surface area contributed by atoms with Crippen LogP contribution in [0.15, 0.2) is 0 Å². The van der Waals surface area contributed by atoms with Crippen LogP contribution in [0.1, 0.15) is 39.0 Å². The Morgan fingerprint density at radius 1 is 1.09 bits per heavy atom. The van der Waals surface area contributed by atoms with Gasteiger partial charge in [-0.2, -0.15) is 0 Å². The van der Waals surface area contributed by atoms with Crippen molar-refractivity contribution in [1.29, 1.82) is 0 Å². The van der Waals surface area contributed by atoms with E-state index in [0.717, 1.165) is 38.6 Å². The van der Waals surface area contributed by atoms with E-state index in [1.807, 2.05) is 4.90 Å². The molecule has 0 N–H and O–H groups in total. The fourth-order valence-corrected chi connectivity index (χ4v) is 3.72. The largest absolute Gasteiger partial charge is 0.341 e. The molecule has 2 fully saturated rings. The number of rotatable bonds is 4. The van der Waals surface area contributed by atoms with Gasteiger partial charge in [0.2, 0.25) is 11.8 Å². The number of carbonyl (C=O) groups is 2. The molecule has 0 aromatic heterocycles. The van der Waals surface area contributed by atoms with E-state index >= 15 is 0 Å². The first-order valence-corrected chi connectivity index (χ1v) is 10.1. The van der Waals surface area contributed by atoms with Gasteiger partial charge in [-0.3, -0.25) is 9.59 Å². The smallest absolute Gasteiger partial charge is 0.245 e. The molecule has 1 atom stereocenters. The van der Waals surface area contributed by atoms with Crippen molar-refractivity contribution in [3.05, 3.63) is 0 Å². The average molecular weight is 330 g/mol. The number of hydrogen-bond donors (Lipinski definition) is 0. The van der Waals surface area contributed by atoms with Crippen LogP contribution in [0.3, 0.4) is 0 Å². The van der Waals surface area contributed by atoms with Crippen LogP contribution in [0.5, 0.6) is 0 Å². The molecule has 2 aliphatic rings. The monoisotopic (exact) mass is 330 g/mol. The highest BCUT2D eigenvalue weighted by Gasteiger charge is 2.37. The highest BCUT2D eigenvalue weighted by Crippen LogP contribution is 2.23. The molecule has 0 spiro atoms. The van der Waals surface area contributed by atoms with E-state index in [1.54, 1.807) is 4.90 Å². The summed E-state index contributed by atoms with van der Waals surface area (Å²) in [7, 11) is -3.16. The quantitative estimate of drug-likeness (QED) is 0.759. The molecule has 0 aromatic rings. The van der Waals surface area contributed by atoms with Crippen LogP contribution in [0.25, 0.3) is 0 Å². The molecule has 1 unspecified atom stereocenters. The van der Waals surface area contributed by atoms with Crippen molar-refractivity contribution in [2.24, 2.45) is 5.92 Å². The lowest BCUT2D eigenvalue weighted by atomic mass is 9.98. The summed E-state index contributed by atoms with van der Waals surface area (Å²) < 4.78 is 22.4. The van der Waals surface area contributed by atoms with Gasteiger partial charge < -0.3 is 9.80 Å². The van der Waals surface area contributed by atoms with E-state index in [9.17, 15) is 18.0 Å². The Morgan fingerprint density at radius 3 is 2.32 bits per heavy atom. The van der Waals surface area contributed by atoms with Gasteiger partial charge in [0.1, 0.15) is 15.9 Å². The summed E-state index contributed by atoms with van der Waals surface area (Å²) in [5, 5.41) is 0. The zero-order valence-electron chi connectivity index (χ0n) is 13.5. The first-order chi connectivity index (χ1) is 10.3. The third-order valence-electron chi connectivity index (χ3n) is 4.64. The van der Waals surface area contributed by atoms with Gasteiger partial charge in [0.05, 0.1) is 5.75 Å². The van der Waals surface area contributed by atoms with Crippen molar-refractivity contribution in [3.8, 4) is 0 Å². The highest BCUT2D eigenvalue weighted by atomic mass is 32.2. The zero-order chi connectivity index (χ0) is 16.3. The molecule has 2 aliphatic heterocycles. The number of nitrogens with zero attached hydrogens (tertiary/aromatic N) is 2. The average Bonchev–Trinajstić information content (AvgIpc) is 2.93. The molecule has 2 amide bonds. The second-order valence-corrected chi connectivity index (χ2v) is 8.89. The molecule has 126 valence electrons. The first kappa shape index (κ1) is 17.2. The maximum Gasteiger partial charge on any atom is 0.245 e. The summed E-state index contributed by atoms with van der Waals surface area (Å²) in [5.41, 5.74) is 0. The predicted molar refractivity (Wildman–Crippen MR) is 84.0 cm³/mol. The number of likely N-dealkylation sites (tertiary alicyclic amines) is 2. The third kappa shape index (κ3) is 4.44. The molecular formula is C15H26N2O4S. The van der Waals surface area contributed by atoms with E-state index in [-0.39, 0.29) is 30.0 Å². The Hall–Kier alpha value is -1.11. The van der Waals surface area contributed by atoms with Gasteiger partial charge in [0.25, 0.3) is 0 Å². The molecule has 22 heavy (non-hydrogen) atoms. The normalized spacial score (nSPS) is 23.8. The van der Waals surface area contributed by atoms with Crippen molar-refractivity contribution in [3.63, 3.8) is 0 Å². The van der Waals surface area contributed by atoms with Crippen LogP contribution < -0.4 is 0 Å². The van der Waals surface area contributed by atoms with Crippen molar-refractivity contribution >= 4 is 21.7 Å². The van der Waals surface area contributed by atoms with Crippen LogP contribution in [-0.2, 0) is 19.4 Å². The van der Waals surface area contributed by atoms with E-state index in [0.29, 0.717) is 18.9 Å².